The summed E-state index contributed by atoms with van der Waals surface area (Å²) in [7, 11) is 0. The number of aromatic nitrogens is 10. The van der Waals surface area contributed by atoms with Crippen LogP contribution in [0, 0.1) is 37.1 Å². The molecule has 0 fully saturated rings. The van der Waals surface area contributed by atoms with Crippen molar-refractivity contribution < 1.29 is 45.7 Å². The summed E-state index contributed by atoms with van der Waals surface area (Å²) in [6, 6.07) is 5.00. The topological polar surface area (TPSA) is 192 Å². The van der Waals surface area contributed by atoms with E-state index in [0.717, 1.165) is 36.9 Å². The van der Waals surface area contributed by atoms with Crippen LogP contribution in [0.1, 0.15) is 60.2 Å². The zero-order valence-corrected chi connectivity index (χ0v) is 27.8. The first-order valence-corrected chi connectivity index (χ1v) is 15.4. The van der Waals surface area contributed by atoms with Crippen LogP contribution in [0.2, 0.25) is 0 Å². The Kier molecular flexibility index (Phi) is 9.63. The molecule has 0 amide bonds. The van der Waals surface area contributed by atoms with Gasteiger partial charge in [-0.15, -0.1) is 0 Å². The maximum atomic E-state index is 15.8. The molecule has 0 radical (unpaired) electrons. The van der Waals surface area contributed by atoms with Gasteiger partial charge in [-0.05, 0) is 24.3 Å². The van der Waals surface area contributed by atoms with Gasteiger partial charge in [-0.1, -0.05) is 24.2 Å². The monoisotopic (exact) mass is 724 g/mol. The molecule has 20 heteroatoms. The fraction of sp³-hybridized carbons (Fsp3) is 0.312. The van der Waals surface area contributed by atoms with Crippen molar-refractivity contribution in [2.45, 2.75) is 63.8 Å². The van der Waals surface area contributed by atoms with Gasteiger partial charge in [0.1, 0.15) is 48.6 Å². The summed E-state index contributed by atoms with van der Waals surface area (Å²) in [5, 5.41) is 15.9. The highest BCUT2D eigenvalue weighted by atomic mass is 19.1. The number of nitrogens with zero attached hydrogens (tertiary/aromatic N) is 10. The Bertz CT molecular complexity index is 2040. The number of aryl methyl sites for hydroxylation is 2. The number of benzene rings is 2. The number of carbonyl (C=O) groups excluding carboxylic acids is 2. The van der Waals surface area contributed by atoms with Crippen molar-refractivity contribution in [2.24, 2.45) is 0 Å². The predicted octanol–water partition coefficient (Wildman–Crippen LogP) is 3.99. The molecule has 4 atom stereocenters. The molecule has 4 unspecified atom stereocenters. The number of ether oxygens (including phenoxy) is 2. The van der Waals surface area contributed by atoms with E-state index >= 15 is 8.78 Å². The first-order valence-electron chi connectivity index (χ1n) is 15.4. The quantitative estimate of drug-likeness (QED) is 0.0999. The molecule has 6 rings (SSSR count). The zero-order valence-electron chi connectivity index (χ0n) is 27.8. The summed E-state index contributed by atoms with van der Waals surface area (Å²) < 4.78 is 84.6. The third-order valence-corrected chi connectivity index (χ3v) is 8.48. The minimum Gasteiger partial charge on any atom is -0.443 e. The third-order valence-electron chi connectivity index (χ3n) is 8.48. The maximum Gasteiger partial charge on any atom is 0.418 e. The molecule has 0 bridgehead atoms. The van der Waals surface area contributed by atoms with E-state index in [1.54, 1.807) is 0 Å². The molecular formula is C32H28F4N10O6. The van der Waals surface area contributed by atoms with Gasteiger partial charge in [0.2, 0.25) is 11.8 Å². The van der Waals surface area contributed by atoms with Gasteiger partial charge >= 0.3 is 11.9 Å². The van der Waals surface area contributed by atoms with Crippen LogP contribution < -0.4 is 0 Å². The van der Waals surface area contributed by atoms with Crippen molar-refractivity contribution in [1.82, 2.24) is 49.8 Å². The van der Waals surface area contributed by atoms with E-state index in [2.05, 4.69) is 40.4 Å². The average Bonchev–Trinajstić information content (AvgIpc) is 3.93. The highest BCUT2D eigenvalue weighted by Gasteiger charge is 2.52. The average molecular weight is 725 g/mol. The Hall–Kier alpha value is -6.34. The molecule has 0 saturated heterocycles. The van der Waals surface area contributed by atoms with Crippen molar-refractivity contribution in [3.63, 3.8) is 0 Å². The number of hydrogen-bond acceptors (Lipinski definition) is 14. The second-order valence-corrected chi connectivity index (χ2v) is 11.8. The number of halogens is 4. The van der Waals surface area contributed by atoms with E-state index < -0.39 is 82.5 Å². The lowest BCUT2D eigenvalue weighted by molar-refractivity contribution is -0.194. The van der Waals surface area contributed by atoms with Crippen LogP contribution in [0.25, 0.3) is 0 Å². The van der Waals surface area contributed by atoms with E-state index in [-0.39, 0.29) is 23.4 Å². The summed E-state index contributed by atoms with van der Waals surface area (Å²) in [4.78, 5) is 44.5. The molecule has 2 aromatic carbocycles. The highest BCUT2D eigenvalue weighted by molar-refractivity contribution is 6.30. The standard InChI is InChI=1S/C32H28F4N10O6/c1-17(27-41-19(3)51-43-27)31(11-45-15-37-13-39-45,23-7-5-21(33)9-25(23)35)49-29(47)30(48)50-32(12-46-16-38-14-40-46,18(2)28-42-20(4)52-44-28)24-8-6-22(34)10-26(24)36/h5-10,13-18H,11-12H2,1-4H3. The Morgan fingerprint density at radius 1 is 0.712 bits per heavy atom. The summed E-state index contributed by atoms with van der Waals surface area (Å²) in [5.74, 6) is -10.1. The molecule has 0 spiro atoms. The van der Waals surface area contributed by atoms with Crippen molar-refractivity contribution in [1.29, 1.82) is 0 Å². The molecule has 0 N–H and O–H groups in total. The summed E-state index contributed by atoms with van der Waals surface area (Å²) in [6.45, 7) is 4.84. The Morgan fingerprint density at radius 2 is 1.12 bits per heavy atom. The van der Waals surface area contributed by atoms with Crippen molar-refractivity contribution in [3.8, 4) is 0 Å². The minimum absolute atomic E-state index is 0.0856. The number of hydrogen-bond donors (Lipinski definition) is 0. The Morgan fingerprint density at radius 3 is 1.42 bits per heavy atom. The van der Waals surface area contributed by atoms with E-state index in [4.69, 9.17) is 18.5 Å². The maximum absolute atomic E-state index is 15.8. The summed E-state index contributed by atoms with van der Waals surface area (Å²) in [6.07, 6.45) is 4.76. The fourth-order valence-electron chi connectivity index (χ4n) is 5.85. The predicted molar refractivity (Wildman–Crippen MR) is 163 cm³/mol. The van der Waals surface area contributed by atoms with Crippen LogP contribution >= 0.6 is 0 Å². The van der Waals surface area contributed by atoms with Gasteiger partial charge in [-0.2, -0.15) is 20.2 Å². The second-order valence-electron chi connectivity index (χ2n) is 11.8. The smallest absolute Gasteiger partial charge is 0.418 e. The highest BCUT2D eigenvalue weighted by Crippen LogP contribution is 2.45. The Balaban J connectivity index is 1.49. The van der Waals surface area contributed by atoms with Crippen molar-refractivity contribution in [2.75, 3.05) is 0 Å². The van der Waals surface area contributed by atoms with Crippen molar-refractivity contribution >= 4 is 11.9 Å². The van der Waals surface area contributed by atoms with Crippen LogP contribution in [0.4, 0.5) is 17.6 Å². The molecule has 270 valence electrons. The molecule has 16 nitrogen and oxygen atoms in total. The van der Waals surface area contributed by atoms with Gasteiger partial charge in [0.05, 0.1) is 24.9 Å². The summed E-state index contributed by atoms with van der Waals surface area (Å²) >= 11 is 0. The largest absolute Gasteiger partial charge is 0.443 e. The molecule has 0 saturated carbocycles. The number of rotatable bonds is 12. The van der Waals surface area contributed by atoms with Crippen LogP contribution in [0.15, 0.2) is 70.8 Å². The normalized spacial score (nSPS) is 15.0. The first kappa shape index (κ1) is 35.5. The minimum atomic E-state index is -2.27. The third kappa shape index (κ3) is 6.86. The lowest BCUT2D eigenvalue weighted by Gasteiger charge is -2.39. The molecule has 4 aromatic heterocycles. The van der Waals surface area contributed by atoms with Crippen LogP contribution in [0.3, 0.4) is 0 Å². The summed E-state index contributed by atoms with van der Waals surface area (Å²) in [5.41, 5.74) is -5.36. The SMILES string of the molecule is Cc1nc(C(C)C(Cn2cncn2)(OC(=O)C(=O)OC(Cn2cncn2)(c2ccc(F)cc2F)C(C)c2noc(C)n2)c2ccc(F)cc2F)no1. The van der Waals surface area contributed by atoms with Crippen LogP contribution in [-0.4, -0.2) is 61.7 Å². The van der Waals surface area contributed by atoms with Gasteiger partial charge in [-0.3, -0.25) is 0 Å². The van der Waals surface area contributed by atoms with E-state index in [9.17, 15) is 18.4 Å². The van der Waals surface area contributed by atoms with E-state index in [1.807, 2.05) is 0 Å². The van der Waals surface area contributed by atoms with E-state index in [1.165, 1.54) is 49.7 Å². The lowest BCUT2D eigenvalue weighted by Crippen LogP contribution is -2.48. The Labute approximate surface area is 290 Å². The number of carbonyl (C=O) groups is 2. The van der Waals surface area contributed by atoms with Gasteiger partial charge in [-0.25, -0.2) is 46.5 Å². The second kappa shape index (κ2) is 14.1. The lowest BCUT2D eigenvalue weighted by atomic mass is 9.80. The van der Waals surface area contributed by atoms with Crippen LogP contribution in [-0.2, 0) is 43.4 Å². The van der Waals surface area contributed by atoms with Crippen molar-refractivity contribution in [3.05, 3.63) is 120 Å². The molecule has 52 heavy (non-hydrogen) atoms. The zero-order chi connectivity index (χ0) is 37.2. The molecular weight excluding hydrogens is 696 g/mol. The number of esters is 2. The van der Waals surface area contributed by atoms with Gasteiger partial charge in [0.25, 0.3) is 0 Å². The fourth-order valence-corrected chi connectivity index (χ4v) is 5.85. The van der Waals surface area contributed by atoms with Crippen LogP contribution in [0.5, 0.6) is 0 Å². The first-order chi connectivity index (χ1) is 24.8. The molecule has 0 aliphatic rings. The molecule has 4 heterocycles. The molecule has 0 aliphatic carbocycles. The van der Waals surface area contributed by atoms with Gasteiger partial charge in [0.15, 0.2) is 22.9 Å². The van der Waals surface area contributed by atoms with Gasteiger partial charge in [0, 0.05) is 37.1 Å². The molecule has 0 aliphatic heterocycles. The molecule has 6 aromatic rings. The van der Waals surface area contributed by atoms with E-state index in [0.29, 0.717) is 12.1 Å². The van der Waals surface area contributed by atoms with Gasteiger partial charge < -0.3 is 18.5 Å².